The summed E-state index contributed by atoms with van der Waals surface area (Å²) in [4.78, 5) is 0. The minimum absolute atomic E-state index is 0.0223. The summed E-state index contributed by atoms with van der Waals surface area (Å²) >= 11 is 0. The summed E-state index contributed by atoms with van der Waals surface area (Å²) in [7, 11) is 0. The number of nitrogens with two attached hydrogens (primary N) is 1. The highest BCUT2D eigenvalue weighted by Gasteiger charge is 2.32. The van der Waals surface area contributed by atoms with Crippen molar-refractivity contribution in [3.8, 4) is 0 Å². The van der Waals surface area contributed by atoms with Gasteiger partial charge in [0.2, 0.25) is 0 Å². The van der Waals surface area contributed by atoms with Gasteiger partial charge in [-0.25, -0.2) is 0 Å². The smallest absolute Gasteiger partial charge is 0.0663 e. The van der Waals surface area contributed by atoms with E-state index in [2.05, 4.69) is 52.8 Å². The predicted molar refractivity (Wildman–Crippen MR) is 89.4 cm³/mol. The lowest BCUT2D eigenvalue weighted by Gasteiger charge is -2.39. The molecule has 2 rings (SSSR count). The van der Waals surface area contributed by atoms with Crippen molar-refractivity contribution >= 4 is 0 Å². The van der Waals surface area contributed by atoms with E-state index in [0.717, 1.165) is 12.3 Å². The standard InChI is InChI=1S/C19H31NO/c1-13-6-7-17(15(3)8-13)18(20)12-21-16-9-14(2)10-19(4,5)11-16/h6-8,14,16,18H,9-12,20H2,1-5H3. The summed E-state index contributed by atoms with van der Waals surface area (Å²) in [5.41, 5.74) is 10.5. The Morgan fingerprint density at radius 2 is 2.00 bits per heavy atom. The lowest BCUT2D eigenvalue weighted by Crippen LogP contribution is -2.34. The molecule has 0 heterocycles. The molecule has 1 aliphatic carbocycles. The van der Waals surface area contributed by atoms with Gasteiger partial charge in [0.1, 0.15) is 0 Å². The lowest BCUT2D eigenvalue weighted by molar-refractivity contribution is -0.0279. The summed E-state index contributed by atoms with van der Waals surface area (Å²) in [6.45, 7) is 11.9. The maximum absolute atomic E-state index is 6.34. The molecule has 0 aromatic heterocycles. The molecule has 118 valence electrons. The molecule has 0 aliphatic heterocycles. The van der Waals surface area contributed by atoms with Crippen molar-refractivity contribution < 1.29 is 4.74 Å². The third-order valence-electron chi connectivity index (χ3n) is 4.68. The first-order chi connectivity index (χ1) is 9.77. The van der Waals surface area contributed by atoms with Crippen LogP contribution in [0.1, 0.15) is 62.8 Å². The molecule has 1 fully saturated rings. The van der Waals surface area contributed by atoms with Gasteiger partial charge in [-0.1, -0.05) is 44.5 Å². The highest BCUT2D eigenvalue weighted by atomic mass is 16.5. The molecule has 0 saturated heterocycles. The number of ether oxygens (including phenoxy) is 1. The van der Waals surface area contributed by atoms with Crippen molar-refractivity contribution in [3.05, 3.63) is 34.9 Å². The van der Waals surface area contributed by atoms with Gasteiger partial charge in [-0.3, -0.25) is 0 Å². The van der Waals surface area contributed by atoms with Crippen LogP contribution >= 0.6 is 0 Å². The fourth-order valence-electron chi connectivity index (χ4n) is 3.96. The van der Waals surface area contributed by atoms with Gasteiger partial charge < -0.3 is 10.5 Å². The molecular formula is C19H31NO. The Morgan fingerprint density at radius 1 is 1.29 bits per heavy atom. The highest BCUT2D eigenvalue weighted by molar-refractivity contribution is 5.32. The largest absolute Gasteiger partial charge is 0.376 e. The van der Waals surface area contributed by atoms with E-state index < -0.39 is 0 Å². The molecule has 3 unspecified atom stereocenters. The predicted octanol–water partition coefficient (Wildman–Crippen LogP) is 4.53. The van der Waals surface area contributed by atoms with Gasteiger partial charge in [0, 0.05) is 0 Å². The molecule has 0 amide bonds. The van der Waals surface area contributed by atoms with Crippen LogP contribution in [0.4, 0.5) is 0 Å². The van der Waals surface area contributed by atoms with E-state index in [1.807, 2.05) is 0 Å². The van der Waals surface area contributed by atoms with Gasteiger partial charge in [-0.2, -0.15) is 0 Å². The average Bonchev–Trinajstić information content (AvgIpc) is 2.33. The van der Waals surface area contributed by atoms with Crippen LogP contribution in [0.25, 0.3) is 0 Å². The second-order valence-electron chi connectivity index (χ2n) is 7.84. The van der Waals surface area contributed by atoms with E-state index in [0.29, 0.717) is 18.1 Å². The van der Waals surface area contributed by atoms with Crippen LogP contribution in [-0.2, 0) is 4.74 Å². The van der Waals surface area contributed by atoms with Gasteiger partial charge in [0.05, 0.1) is 18.8 Å². The fourth-order valence-corrected chi connectivity index (χ4v) is 3.96. The third kappa shape index (κ3) is 4.55. The van der Waals surface area contributed by atoms with Crippen molar-refractivity contribution in [1.82, 2.24) is 0 Å². The molecule has 1 aliphatic rings. The second kappa shape index (κ2) is 6.50. The summed E-state index contributed by atoms with van der Waals surface area (Å²) in [5, 5.41) is 0. The van der Waals surface area contributed by atoms with Crippen LogP contribution in [0.15, 0.2) is 18.2 Å². The van der Waals surface area contributed by atoms with E-state index in [9.17, 15) is 0 Å². The van der Waals surface area contributed by atoms with Gasteiger partial charge >= 0.3 is 0 Å². The van der Waals surface area contributed by atoms with Crippen LogP contribution in [-0.4, -0.2) is 12.7 Å². The van der Waals surface area contributed by atoms with Crippen molar-refractivity contribution in [2.45, 2.75) is 66.0 Å². The Balaban J connectivity index is 1.93. The summed E-state index contributed by atoms with van der Waals surface area (Å²) in [5.74, 6) is 0.746. The number of aryl methyl sites for hydroxylation is 2. The van der Waals surface area contributed by atoms with Gasteiger partial charge in [0.15, 0.2) is 0 Å². The van der Waals surface area contributed by atoms with Crippen molar-refractivity contribution in [2.75, 3.05) is 6.61 Å². The highest BCUT2D eigenvalue weighted by Crippen LogP contribution is 2.39. The van der Waals surface area contributed by atoms with Crippen molar-refractivity contribution in [3.63, 3.8) is 0 Å². The molecule has 0 radical (unpaired) electrons. The van der Waals surface area contributed by atoms with Crippen LogP contribution in [0, 0.1) is 25.2 Å². The Kier molecular flexibility index (Phi) is 5.11. The first-order valence-electron chi connectivity index (χ1n) is 8.21. The van der Waals surface area contributed by atoms with Gasteiger partial charge in [-0.05, 0) is 55.6 Å². The molecule has 1 aromatic carbocycles. The quantitative estimate of drug-likeness (QED) is 0.883. The van der Waals surface area contributed by atoms with Crippen LogP contribution in [0.3, 0.4) is 0 Å². The number of rotatable bonds is 4. The lowest BCUT2D eigenvalue weighted by atomic mass is 9.71. The summed E-state index contributed by atoms with van der Waals surface area (Å²) in [6, 6.07) is 6.45. The molecule has 0 spiro atoms. The van der Waals surface area contributed by atoms with E-state index >= 15 is 0 Å². The second-order valence-corrected chi connectivity index (χ2v) is 7.84. The van der Waals surface area contributed by atoms with Crippen LogP contribution in [0.2, 0.25) is 0 Å². The van der Waals surface area contributed by atoms with Crippen molar-refractivity contribution in [1.29, 1.82) is 0 Å². The average molecular weight is 289 g/mol. The molecule has 2 nitrogen and oxygen atoms in total. The molecule has 0 bridgehead atoms. The van der Waals surface area contributed by atoms with Crippen molar-refractivity contribution in [2.24, 2.45) is 17.1 Å². The SMILES string of the molecule is Cc1ccc(C(N)COC2CC(C)CC(C)(C)C2)c(C)c1. The fraction of sp³-hybridized carbons (Fsp3) is 0.684. The molecule has 3 atom stereocenters. The number of benzene rings is 1. The maximum Gasteiger partial charge on any atom is 0.0663 e. The molecule has 2 heteroatoms. The Labute approximate surface area is 130 Å². The normalized spacial score (nSPS) is 26.6. The number of hydrogen-bond acceptors (Lipinski definition) is 2. The van der Waals surface area contributed by atoms with E-state index in [-0.39, 0.29) is 6.04 Å². The third-order valence-corrected chi connectivity index (χ3v) is 4.68. The maximum atomic E-state index is 6.34. The topological polar surface area (TPSA) is 35.2 Å². The first kappa shape index (κ1) is 16.5. The minimum Gasteiger partial charge on any atom is -0.376 e. The Hall–Kier alpha value is -0.860. The molecule has 21 heavy (non-hydrogen) atoms. The van der Waals surface area contributed by atoms with Crippen LogP contribution in [0.5, 0.6) is 0 Å². The van der Waals surface area contributed by atoms with E-state index in [1.54, 1.807) is 0 Å². The van der Waals surface area contributed by atoms with E-state index in [1.165, 1.54) is 29.5 Å². The monoisotopic (exact) mass is 289 g/mol. The molecular weight excluding hydrogens is 258 g/mol. The first-order valence-corrected chi connectivity index (χ1v) is 8.21. The van der Waals surface area contributed by atoms with Crippen LogP contribution < -0.4 is 5.73 Å². The molecule has 2 N–H and O–H groups in total. The zero-order valence-corrected chi connectivity index (χ0v) is 14.3. The Morgan fingerprint density at radius 3 is 2.62 bits per heavy atom. The molecule has 1 aromatic rings. The molecule has 1 saturated carbocycles. The number of hydrogen-bond donors (Lipinski definition) is 1. The minimum atomic E-state index is -0.0223. The summed E-state index contributed by atoms with van der Waals surface area (Å²) < 4.78 is 6.17. The van der Waals surface area contributed by atoms with Gasteiger partial charge in [-0.15, -0.1) is 0 Å². The zero-order valence-electron chi connectivity index (χ0n) is 14.3. The van der Waals surface area contributed by atoms with Gasteiger partial charge in [0.25, 0.3) is 0 Å². The van der Waals surface area contributed by atoms with E-state index in [4.69, 9.17) is 10.5 Å². The summed E-state index contributed by atoms with van der Waals surface area (Å²) in [6.07, 6.45) is 3.98. The Bertz CT molecular complexity index is 480. The zero-order chi connectivity index (χ0) is 15.6.